The average Bonchev–Trinajstić information content (AvgIpc) is 1.94. The zero-order valence-corrected chi connectivity index (χ0v) is 10.0. The molecule has 1 aliphatic heterocycles. The molecule has 1 N–H and O–H groups in total. The summed E-state index contributed by atoms with van der Waals surface area (Å²) in [4.78, 5) is 4.62. The maximum Gasteiger partial charge on any atom is 0.157 e. The van der Waals surface area contributed by atoms with Crippen LogP contribution >= 0.6 is 11.8 Å². The van der Waals surface area contributed by atoms with Gasteiger partial charge in [0.25, 0.3) is 0 Å². The third-order valence-electron chi connectivity index (χ3n) is 2.11. The van der Waals surface area contributed by atoms with Gasteiger partial charge < -0.3 is 5.32 Å². The molecule has 2 atom stereocenters. The minimum atomic E-state index is 0.131. The van der Waals surface area contributed by atoms with Crippen LogP contribution in [0.4, 0.5) is 0 Å². The van der Waals surface area contributed by atoms with Crippen molar-refractivity contribution in [1.82, 2.24) is 5.32 Å². The van der Waals surface area contributed by atoms with Gasteiger partial charge in [0.1, 0.15) is 0 Å². The Labute approximate surface area is 85.6 Å². The molecule has 13 heavy (non-hydrogen) atoms. The molecule has 0 saturated heterocycles. The topological polar surface area (TPSA) is 24.4 Å². The molecule has 0 saturated carbocycles. The molecule has 0 radical (unpaired) electrons. The monoisotopic (exact) mass is 200 g/mol. The molecule has 0 spiro atoms. The molecule has 3 heteroatoms. The van der Waals surface area contributed by atoms with Crippen molar-refractivity contribution in [2.75, 3.05) is 5.75 Å². The number of rotatable bonds is 0. The van der Waals surface area contributed by atoms with E-state index in [-0.39, 0.29) is 5.54 Å². The summed E-state index contributed by atoms with van der Waals surface area (Å²) in [6, 6.07) is 0.464. The van der Waals surface area contributed by atoms with Gasteiger partial charge in [-0.15, -0.1) is 0 Å². The molecule has 1 rings (SSSR count). The summed E-state index contributed by atoms with van der Waals surface area (Å²) in [6.45, 7) is 10.9. The number of nitrogens with zero attached hydrogens (tertiary/aromatic N) is 1. The lowest BCUT2D eigenvalue weighted by Gasteiger charge is -2.28. The summed E-state index contributed by atoms with van der Waals surface area (Å²) in [6.07, 6.45) is 0. The van der Waals surface area contributed by atoms with Crippen LogP contribution in [0.2, 0.25) is 0 Å². The minimum absolute atomic E-state index is 0.131. The number of thioether (sulfide) groups is 1. The van der Waals surface area contributed by atoms with Crippen molar-refractivity contribution >= 4 is 16.9 Å². The quantitative estimate of drug-likeness (QED) is 0.650. The number of nitrogens with one attached hydrogen (secondary N) is 1. The molecule has 0 aromatic rings. The minimum Gasteiger partial charge on any atom is -0.360 e. The molecule has 0 aromatic carbocycles. The van der Waals surface area contributed by atoms with Gasteiger partial charge in [0.2, 0.25) is 0 Å². The Hall–Kier alpha value is -0.180. The van der Waals surface area contributed by atoms with Gasteiger partial charge in [-0.05, 0) is 33.6 Å². The number of hydrogen-bond acceptors (Lipinski definition) is 3. The van der Waals surface area contributed by atoms with Crippen molar-refractivity contribution in [2.24, 2.45) is 10.9 Å². The van der Waals surface area contributed by atoms with Gasteiger partial charge in [-0.3, -0.25) is 4.99 Å². The molecular formula is C10H20N2S. The average molecular weight is 200 g/mol. The molecule has 2 unspecified atom stereocenters. The van der Waals surface area contributed by atoms with Gasteiger partial charge in [-0.25, -0.2) is 0 Å². The molecule has 0 aliphatic carbocycles. The van der Waals surface area contributed by atoms with Crippen LogP contribution in [-0.2, 0) is 0 Å². The van der Waals surface area contributed by atoms with Gasteiger partial charge in [-0.1, -0.05) is 18.7 Å². The lowest BCUT2D eigenvalue weighted by molar-refractivity contribution is 0.498. The predicted molar refractivity (Wildman–Crippen MR) is 61.4 cm³/mol. The highest BCUT2D eigenvalue weighted by Crippen LogP contribution is 2.22. The second-order valence-corrected chi connectivity index (χ2v) is 5.85. The lowest BCUT2D eigenvalue weighted by atomic mass is 10.1. The third-order valence-corrected chi connectivity index (χ3v) is 3.28. The first-order valence-electron chi connectivity index (χ1n) is 4.87. The summed E-state index contributed by atoms with van der Waals surface area (Å²) in [7, 11) is 0. The molecule has 0 amide bonds. The highest BCUT2D eigenvalue weighted by Gasteiger charge is 2.21. The normalized spacial score (nSPS) is 29.8. The maximum absolute atomic E-state index is 4.62. The van der Waals surface area contributed by atoms with Crippen LogP contribution in [-0.4, -0.2) is 22.5 Å². The van der Waals surface area contributed by atoms with Gasteiger partial charge in [-0.2, -0.15) is 0 Å². The summed E-state index contributed by atoms with van der Waals surface area (Å²) >= 11 is 1.84. The van der Waals surface area contributed by atoms with Crippen LogP contribution in [0, 0.1) is 5.92 Å². The highest BCUT2D eigenvalue weighted by molar-refractivity contribution is 8.13. The van der Waals surface area contributed by atoms with Crippen LogP contribution in [0.5, 0.6) is 0 Å². The van der Waals surface area contributed by atoms with Gasteiger partial charge in [0.15, 0.2) is 5.17 Å². The van der Waals surface area contributed by atoms with Gasteiger partial charge >= 0.3 is 0 Å². The zero-order chi connectivity index (χ0) is 10.1. The molecule has 0 aromatic heterocycles. The third kappa shape index (κ3) is 3.59. The maximum atomic E-state index is 4.62. The van der Waals surface area contributed by atoms with Crippen LogP contribution in [0.1, 0.15) is 34.6 Å². The first-order chi connectivity index (χ1) is 5.88. The summed E-state index contributed by atoms with van der Waals surface area (Å²) in [5.41, 5.74) is 0.131. The molecule has 2 nitrogen and oxygen atoms in total. The molecule has 76 valence electrons. The Morgan fingerprint density at radius 3 is 2.46 bits per heavy atom. The van der Waals surface area contributed by atoms with Crippen LogP contribution in [0.3, 0.4) is 0 Å². The van der Waals surface area contributed by atoms with E-state index in [9.17, 15) is 0 Å². The first kappa shape index (κ1) is 10.9. The molecule has 1 heterocycles. The second-order valence-electron chi connectivity index (χ2n) is 4.84. The fourth-order valence-electron chi connectivity index (χ4n) is 1.09. The Balaban J connectivity index is 2.57. The second kappa shape index (κ2) is 3.91. The Morgan fingerprint density at radius 2 is 2.00 bits per heavy atom. The smallest absolute Gasteiger partial charge is 0.157 e. The van der Waals surface area contributed by atoms with Crippen LogP contribution in [0.25, 0.3) is 0 Å². The van der Waals surface area contributed by atoms with Crippen molar-refractivity contribution < 1.29 is 0 Å². The van der Waals surface area contributed by atoms with E-state index in [0.717, 1.165) is 5.17 Å². The fourth-order valence-corrected chi connectivity index (χ4v) is 2.41. The summed E-state index contributed by atoms with van der Waals surface area (Å²) < 4.78 is 0. The Bertz CT molecular complexity index is 205. The van der Waals surface area contributed by atoms with Crippen molar-refractivity contribution in [3.8, 4) is 0 Å². The molecule has 1 aliphatic rings. The van der Waals surface area contributed by atoms with E-state index >= 15 is 0 Å². The van der Waals surface area contributed by atoms with Crippen molar-refractivity contribution in [3.05, 3.63) is 0 Å². The van der Waals surface area contributed by atoms with E-state index in [2.05, 4.69) is 44.9 Å². The van der Waals surface area contributed by atoms with Crippen LogP contribution < -0.4 is 5.32 Å². The molecule has 0 bridgehead atoms. The standard InChI is InChI=1S/C10H20N2S/c1-7-6-13-9(11-8(7)2)12-10(3,4)5/h7-8H,6H2,1-5H3,(H,11,12). The van der Waals surface area contributed by atoms with Gasteiger partial charge in [0.05, 0.1) is 6.04 Å². The molecular weight excluding hydrogens is 180 g/mol. The number of hydrogen-bond donors (Lipinski definition) is 1. The number of amidine groups is 1. The van der Waals surface area contributed by atoms with E-state index in [1.54, 1.807) is 0 Å². The highest BCUT2D eigenvalue weighted by atomic mass is 32.2. The van der Waals surface area contributed by atoms with Crippen molar-refractivity contribution in [1.29, 1.82) is 0 Å². The van der Waals surface area contributed by atoms with E-state index in [1.807, 2.05) is 11.8 Å². The SMILES string of the molecule is CC1CSC(NC(C)(C)C)=NC1C. The Kier molecular flexibility index (Phi) is 3.28. The largest absolute Gasteiger partial charge is 0.360 e. The van der Waals surface area contributed by atoms with Crippen LogP contribution in [0.15, 0.2) is 4.99 Å². The first-order valence-corrected chi connectivity index (χ1v) is 5.86. The Morgan fingerprint density at radius 1 is 1.38 bits per heavy atom. The van der Waals surface area contributed by atoms with E-state index < -0.39 is 0 Å². The fraction of sp³-hybridized carbons (Fsp3) is 0.900. The van der Waals surface area contributed by atoms with E-state index in [0.29, 0.717) is 12.0 Å². The summed E-state index contributed by atoms with van der Waals surface area (Å²) in [5, 5.41) is 4.53. The van der Waals surface area contributed by atoms with Gasteiger partial charge in [0, 0.05) is 11.3 Å². The van der Waals surface area contributed by atoms with E-state index in [1.165, 1.54) is 5.75 Å². The van der Waals surface area contributed by atoms with Crippen molar-refractivity contribution in [3.63, 3.8) is 0 Å². The molecule has 0 fully saturated rings. The zero-order valence-electron chi connectivity index (χ0n) is 9.22. The summed E-state index contributed by atoms with van der Waals surface area (Å²) in [5.74, 6) is 1.89. The predicted octanol–water partition coefficient (Wildman–Crippen LogP) is 2.50. The van der Waals surface area contributed by atoms with E-state index in [4.69, 9.17) is 0 Å². The van der Waals surface area contributed by atoms with Crippen molar-refractivity contribution in [2.45, 2.75) is 46.2 Å². The number of aliphatic imine (C=N–C) groups is 1. The lowest BCUT2D eigenvalue weighted by Crippen LogP contribution is -2.41.